The quantitative estimate of drug-likeness (QED) is 0.870. The first-order valence-corrected chi connectivity index (χ1v) is 10.8. The van der Waals surface area contributed by atoms with Gasteiger partial charge < -0.3 is 9.64 Å². The molecule has 1 saturated heterocycles. The number of methoxy groups -OCH3 is 1. The van der Waals surface area contributed by atoms with E-state index in [2.05, 4.69) is 6.07 Å². The number of nitrogens with one attached hydrogen (secondary N) is 1. The van der Waals surface area contributed by atoms with Crippen LogP contribution in [0.1, 0.15) is 50.0 Å². The number of fused-ring (bicyclic) bond motifs is 1. The molecule has 1 unspecified atom stereocenters. The highest BCUT2D eigenvalue weighted by Gasteiger charge is 2.41. The first-order valence-electron chi connectivity index (χ1n) is 9.77. The number of hydrogen-bond donors (Lipinski definition) is 1. The number of amides is 1. The molecule has 0 radical (unpaired) electrons. The number of carbonyl (C=O) groups is 1. The number of thioether (sulfide) groups is 1. The van der Waals surface area contributed by atoms with E-state index >= 15 is 0 Å². The van der Waals surface area contributed by atoms with E-state index in [9.17, 15) is 10.1 Å². The van der Waals surface area contributed by atoms with Crippen molar-refractivity contribution < 1.29 is 14.4 Å². The Kier molecular flexibility index (Phi) is 5.42. The topological polar surface area (TPSA) is 57.8 Å². The third-order valence-corrected chi connectivity index (χ3v) is 7.29. The van der Waals surface area contributed by atoms with Gasteiger partial charge in [0, 0.05) is 12.3 Å². The molecule has 0 aromatic heterocycles. The van der Waals surface area contributed by atoms with Gasteiger partial charge in [-0.3, -0.25) is 9.69 Å². The van der Waals surface area contributed by atoms with Crippen LogP contribution in [0.4, 0.5) is 0 Å². The van der Waals surface area contributed by atoms with Crippen molar-refractivity contribution in [3.63, 3.8) is 0 Å². The van der Waals surface area contributed by atoms with Crippen LogP contribution in [0.25, 0.3) is 0 Å². The molecule has 1 saturated carbocycles. The summed E-state index contributed by atoms with van der Waals surface area (Å²) < 4.78 is 5.33. The molecule has 5 nitrogen and oxygen atoms in total. The lowest BCUT2D eigenvalue weighted by molar-refractivity contribution is -0.923. The SMILES string of the molecule is COc1cccc([C@H]2CC(=O)N3C[NH+](C4CCCCC4)CSC3=C2C#N)c1. The zero-order valence-electron chi connectivity index (χ0n) is 15.7. The van der Waals surface area contributed by atoms with E-state index in [0.29, 0.717) is 19.1 Å². The van der Waals surface area contributed by atoms with Crippen molar-refractivity contribution in [2.45, 2.75) is 50.5 Å². The average Bonchev–Trinajstić information content (AvgIpc) is 2.74. The lowest BCUT2D eigenvalue weighted by Crippen LogP contribution is -3.17. The number of rotatable bonds is 3. The number of nitrogens with zero attached hydrogens (tertiary/aromatic N) is 2. The summed E-state index contributed by atoms with van der Waals surface area (Å²) in [7, 11) is 1.64. The third-order valence-electron chi connectivity index (χ3n) is 6.06. The number of carbonyl (C=O) groups excluding carboxylic acids is 1. The summed E-state index contributed by atoms with van der Waals surface area (Å²) in [5.41, 5.74) is 1.71. The molecule has 27 heavy (non-hydrogen) atoms. The van der Waals surface area contributed by atoms with Crippen molar-refractivity contribution >= 4 is 17.7 Å². The van der Waals surface area contributed by atoms with Crippen molar-refractivity contribution in [2.24, 2.45) is 0 Å². The Bertz CT molecular complexity index is 795. The fourth-order valence-electron chi connectivity index (χ4n) is 4.55. The lowest BCUT2D eigenvalue weighted by atomic mass is 9.86. The summed E-state index contributed by atoms with van der Waals surface area (Å²) in [5.74, 6) is 1.67. The summed E-state index contributed by atoms with van der Waals surface area (Å²) >= 11 is 1.69. The van der Waals surface area contributed by atoms with Gasteiger partial charge in [0.1, 0.15) is 16.7 Å². The Hall–Kier alpha value is -1.97. The van der Waals surface area contributed by atoms with Gasteiger partial charge in [-0.15, -0.1) is 0 Å². The van der Waals surface area contributed by atoms with Crippen LogP contribution in [0.3, 0.4) is 0 Å². The van der Waals surface area contributed by atoms with E-state index < -0.39 is 0 Å². The maximum absolute atomic E-state index is 13.0. The van der Waals surface area contributed by atoms with Gasteiger partial charge in [0.2, 0.25) is 5.91 Å². The minimum absolute atomic E-state index is 0.136. The van der Waals surface area contributed by atoms with Gasteiger partial charge in [-0.05, 0) is 55.1 Å². The summed E-state index contributed by atoms with van der Waals surface area (Å²) in [6.45, 7) is 0.710. The molecule has 1 amide bonds. The summed E-state index contributed by atoms with van der Waals surface area (Å²) in [4.78, 5) is 16.4. The predicted molar refractivity (Wildman–Crippen MR) is 105 cm³/mol. The molecule has 2 aliphatic heterocycles. The van der Waals surface area contributed by atoms with E-state index in [0.717, 1.165) is 27.8 Å². The largest absolute Gasteiger partial charge is 0.497 e. The molecule has 1 N–H and O–H groups in total. The van der Waals surface area contributed by atoms with Crippen LogP contribution >= 0.6 is 11.8 Å². The minimum atomic E-state index is -0.174. The smallest absolute Gasteiger partial charge is 0.232 e. The fourth-order valence-corrected chi connectivity index (χ4v) is 5.86. The van der Waals surface area contributed by atoms with E-state index in [-0.39, 0.29) is 11.8 Å². The second kappa shape index (κ2) is 7.95. The lowest BCUT2D eigenvalue weighted by Gasteiger charge is -2.42. The Morgan fingerprint density at radius 1 is 1.30 bits per heavy atom. The summed E-state index contributed by atoms with van der Waals surface area (Å²) in [6.07, 6.45) is 6.82. The molecule has 1 aliphatic carbocycles. The van der Waals surface area contributed by atoms with Crippen LogP contribution < -0.4 is 9.64 Å². The van der Waals surface area contributed by atoms with Crippen LogP contribution in [-0.4, -0.2) is 36.5 Å². The zero-order chi connectivity index (χ0) is 18.8. The van der Waals surface area contributed by atoms with Crippen molar-refractivity contribution in [3.05, 3.63) is 40.4 Å². The van der Waals surface area contributed by atoms with Crippen molar-refractivity contribution in [1.29, 1.82) is 5.26 Å². The Morgan fingerprint density at radius 3 is 2.85 bits per heavy atom. The monoisotopic (exact) mass is 384 g/mol. The standard InChI is InChI=1S/C21H25N3O2S/c1-26-17-9-5-6-15(10-17)18-11-20(25)24-13-23(16-7-3-2-4-8-16)14-27-21(24)19(18)12-22/h5-6,9-10,16,18H,2-4,7-8,11,13-14H2,1H3/p+1/t18-/m1/s1. The van der Waals surface area contributed by atoms with Gasteiger partial charge in [0.15, 0.2) is 6.67 Å². The molecule has 2 heterocycles. The highest BCUT2D eigenvalue weighted by atomic mass is 32.2. The van der Waals surface area contributed by atoms with Crippen molar-refractivity contribution in [1.82, 2.24) is 4.90 Å². The normalized spacial score (nSPS) is 26.5. The van der Waals surface area contributed by atoms with Gasteiger partial charge in [-0.25, -0.2) is 0 Å². The summed E-state index contributed by atoms with van der Waals surface area (Å²) in [5, 5.41) is 10.8. The third kappa shape index (κ3) is 3.59. The van der Waals surface area contributed by atoms with Crippen LogP contribution in [-0.2, 0) is 4.79 Å². The second-order valence-electron chi connectivity index (χ2n) is 7.63. The first-order chi connectivity index (χ1) is 13.2. The molecule has 1 aromatic carbocycles. The molecule has 2 fully saturated rings. The van der Waals surface area contributed by atoms with Gasteiger partial charge in [-0.1, -0.05) is 18.6 Å². The first kappa shape index (κ1) is 18.4. The molecular formula is C21H26N3O2S+. The van der Waals surface area contributed by atoms with E-state index in [4.69, 9.17) is 4.74 Å². The van der Waals surface area contributed by atoms with Crippen LogP contribution in [0.15, 0.2) is 34.9 Å². The second-order valence-corrected chi connectivity index (χ2v) is 8.59. The molecule has 4 rings (SSSR count). The van der Waals surface area contributed by atoms with Gasteiger partial charge >= 0.3 is 0 Å². The predicted octanol–water partition coefficient (Wildman–Crippen LogP) is 2.63. The molecular weight excluding hydrogens is 358 g/mol. The zero-order valence-corrected chi connectivity index (χ0v) is 16.6. The molecule has 3 aliphatic rings. The Morgan fingerprint density at radius 2 is 2.11 bits per heavy atom. The molecule has 0 spiro atoms. The van der Waals surface area contributed by atoms with Gasteiger partial charge in [0.05, 0.1) is 24.8 Å². The number of nitriles is 1. The Labute approximate surface area is 165 Å². The van der Waals surface area contributed by atoms with Crippen LogP contribution in [0.2, 0.25) is 0 Å². The molecule has 142 valence electrons. The number of hydrogen-bond acceptors (Lipinski definition) is 4. The molecule has 6 heteroatoms. The number of benzene rings is 1. The number of allylic oxidation sites excluding steroid dienone is 1. The fraction of sp³-hybridized carbons (Fsp3) is 0.524. The maximum atomic E-state index is 13.0. The molecule has 2 atom stereocenters. The number of ether oxygens (including phenoxy) is 1. The average molecular weight is 385 g/mol. The van der Waals surface area contributed by atoms with Crippen molar-refractivity contribution in [2.75, 3.05) is 19.7 Å². The van der Waals surface area contributed by atoms with Crippen LogP contribution in [0, 0.1) is 11.3 Å². The van der Waals surface area contributed by atoms with E-state index in [1.807, 2.05) is 29.2 Å². The number of quaternary nitrogens is 1. The summed E-state index contributed by atoms with van der Waals surface area (Å²) in [6, 6.07) is 10.8. The van der Waals surface area contributed by atoms with Crippen LogP contribution in [0.5, 0.6) is 5.75 Å². The van der Waals surface area contributed by atoms with E-state index in [1.54, 1.807) is 18.9 Å². The molecule has 1 aromatic rings. The van der Waals surface area contributed by atoms with Gasteiger partial charge in [0.25, 0.3) is 0 Å². The highest BCUT2D eigenvalue weighted by Crippen LogP contribution is 2.41. The van der Waals surface area contributed by atoms with E-state index in [1.165, 1.54) is 37.0 Å². The minimum Gasteiger partial charge on any atom is -0.497 e. The maximum Gasteiger partial charge on any atom is 0.232 e. The van der Waals surface area contributed by atoms with Gasteiger partial charge in [-0.2, -0.15) is 5.26 Å². The Balaban J connectivity index is 1.61. The molecule has 0 bridgehead atoms. The highest BCUT2D eigenvalue weighted by molar-refractivity contribution is 8.02. The van der Waals surface area contributed by atoms with Crippen molar-refractivity contribution in [3.8, 4) is 11.8 Å².